The molecular formula is C18H22N4O2. The second kappa shape index (κ2) is 6.73. The third-order valence-corrected chi connectivity index (χ3v) is 5.02. The Morgan fingerprint density at radius 1 is 1.29 bits per heavy atom. The van der Waals surface area contributed by atoms with E-state index < -0.39 is 0 Å². The average Bonchev–Trinajstić information content (AvgIpc) is 3.31. The van der Waals surface area contributed by atoms with Gasteiger partial charge in [-0.2, -0.15) is 4.98 Å². The van der Waals surface area contributed by atoms with E-state index in [0.717, 1.165) is 18.0 Å². The molecule has 1 aromatic heterocycles. The number of rotatable bonds is 6. The number of nitrogens with one attached hydrogen (secondary N) is 1. The lowest BCUT2D eigenvalue weighted by Crippen LogP contribution is -2.41. The number of carbonyl (C=O) groups is 1. The molecule has 1 aliphatic heterocycles. The Kier molecular flexibility index (Phi) is 4.30. The molecule has 2 bridgehead atoms. The molecule has 2 aromatic rings. The minimum absolute atomic E-state index is 0.0327. The normalized spacial score (nSPS) is 22.8. The van der Waals surface area contributed by atoms with Crippen molar-refractivity contribution in [2.24, 2.45) is 5.92 Å². The highest BCUT2D eigenvalue weighted by atomic mass is 16.5. The van der Waals surface area contributed by atoms with E-state index >= 15 is 0 Å². The number of piperidine rings is 1. The maximum atomic E-state index is 12.1. The van der Waals surface area contributed by atoms with Gasteiger partial charge in [0.05, 0.1) is 13.1 Å². The molecule has 0 unspecified atom stereocenters. The van der Waals surface area contributed by atoms with Crippen LogP contribution >= 0.6 is 0 Å². The highest BCUT2D eigenvalue weighted by Crippen LogP contribution is 2.36. The van der Waals surface area contributed by atoms with Crippen LogP contribution in [0, 0.1) is 5.92 Å². The highest BCUT2D eigenvalue weighted by Gasteiger charge is 2.38. The molecule has 2 heterocycles. The monoisotopic (exact) mass is 326 g/mol. The van der Waals surface area contributed by atoms with Crippen molar-refractivity contribution in [3.63, 3.8) is 0 Å². The number of amides is 1. The van der Waals surface area contributed by atoms with Gasteiger partial charge in [-0.25, -0.2) is 0 Å². The van der Waals surface area contributed by atoms with Crippen LogP contribution in [0.4, 0.5) is 0 Å². The summed E-state index contributed by atoms with van der Waals surface area (Å²) in [5, 5.41) is 6.86. The molecule has 2 fully saturated rings. The zero-order valence-electron chi connectivity index (χ0n) is 13.6. The molecule has 1 aromatic carbocycles. The topological polar surface area (TPSA) is 71.3 Å². The second-order valence-electron chi connectivity index (χ2n) is 6.81. The smallest absolute Gasteiger partial charge is 0.246 e. The van der Waals surface area contributed by atoms with Gasteiger partial charge >= 0.3 is 0 Å². The Labute approximate surface area is 141 Å². The van der Waals surface area contributed by atoms with E-state index in [-0.39, 0.29) is 5.91 Å². The Bertz CT molecular complexity index is 700. The largest absolute Gasteiger partial charge is 0.346 e. The van der Waals surface area contributed by atoms with E-state index in [1.807, 2.05) is 30.3 Å². The van der Waals surface area contributed by atoms with E-state index in [1.165, 1.54) is 19.3 Å². The molecule has 126 valence electrons. The Morgan fingerprint density at radius 2 is 2.17 bits per heavy atom. The van der Waals surface area contributed by atoms with Gasteiger partial charge in [-0.05, 0) is 30.7 Å². The Hall–Kier alpha value is -2.21. The van der Waals surface area contributed by atoms with Crippen LogP contribution in [0.25, 0.3) is 0 Å². The molecule has 1 saturated heterocycles. The van der Waals surface area contributed by atoms with E-state index in [1.54, 1.807) is 0 Å². The first-order valence-electron chi connectivity index (χ1n) is 8.62. The number of benzene rings is 1. The van der Waals surface area contributed by atoms with Crippen LogP contribution in [0.2, 0.25) is 0 Å². The molecule has 1 aliphatic carbocycles. The van der Waals surface area contributed by atoms with Crippen LogP contribution in [0.3, 0.4) is 0 Å². The van der Waals surface area contributed by atoms with Crippen LogP contribution in [0.1, 0.15) is 36.5 Å². The van der Waals surface area contributed by atoms with Gasteiger partial charge in [-0.15, -0.1) is 0 Å². The zero-order valence-corrected chi connectivity index (χ0v) is 13.6. The average molecular weight is 326 g/mol. The number of fused-ring (bicyclic) bond motifs is 2. The van der Waals surface area contributed by atoms with Gasteiger partial charge in [-0.1, -0.05) is 35.5 Å². The molecule has 6 nitrogen and oxygen atoms in total. The first-order chi connectivity index (χ1) is 11.8. The van der Waals surface area contributed by atoms with Gasteiger partial charge in [0.2, 0.25) is 11.8 Å². The molecule has 6 heteroatoms. The predicted molar refractivity (Wildman–Crippen MR) is 88.1 cm³/mol. The number of carbonyl (C=O) groups excluding carboxylic acids is 1. The van der Waals surface area contributed by atoms with Crippen molar-refractivity contribution in [2.45, 2.75) is 38.3 Å². The van der Waals surface area contributed by atoms with Crippen molar-refractivity contribution in [1.82, 2.24) is 20.4 Å². The molecule has 0 spiro atoms. The van der Waals surface area contributed by atoms with E-state index in [2.05, 4.69) is 20.4 Å². The van der Waals surface area contributed by atoms with Crippen molar-refractivity contribution >= 4 is 5.91 Å². The minimum Gasteiger partial charge on any atom is -0.346 e. The quantitative estimate of drug-likeness (QED) is 0.876. The fourth-order valence-electron chi connectivity index (χ4n) is 3.85. The number of hydrogen-bond acceptors (Lipinski definition) is 5. The highest BCUT2D eigenvalue weighted by molar-refractivity contribution is 5.78. The molecule has 1 amide bonds. The van der Waals surface area contributed by atoms with E-state index in [0.29, 0.717) is 37.3 Å². The van der Waals surface area contributed by atoms with Gasteiger partial charge in [0.1, 0.15) is 0 Å². The molecule has 4 rings (SSSR count). The maximum absolute atomic E-state index is 12.1. The van der Waals surface area contributed by atoms with Crippen LogP contribution in [-0.4, -0.2) is 40.1 Å². The van der Waals surface area contributed by atoms with Crippen molar-refractivity contribution in [1.29, 1.82) is 0 Å². The lowest BCUT2D eigenvalue weighted by atomic mass is 10.1. The van der Waals surface area contributed by atoms with E-state index in [9.17, 15) is 4.79 Å². The summed E-state index contributed by atoms with van der Waals surface area (Å²) in [6.45, 7) is 1.84. The summed E-state index contributed by atoms with van der Waals surface area (Å²) in [6.07, 6.45) is 4.47. The molecule has 24 heavy (non-hydrogen) atoms. The third-order valence-electron chi connectivity index (χ3n) is 5.02. The standard InChI is InChI=1S/C18H22N4O2/c23-17(12-22-11-14-6-7-15(22)8-14)19-10-18-20-16(21-24-18)9-13-4-2-1-3-5-13/h1-5,14-15H,6-12H2,(H,19,23)/t14-,15+/m0/s1. The van der Waals surface area contributed by atoms with Crippen LogP contribution in [-0.2, 0) is 17.8 Å². The van der Waals surface area contributed by atoms with Crippen LogP contribution in [0.15, 0.2) is 34.9 Å². The Balaban J connectivity index is 1.25. The molecular weight excluding hydrogens is 304 g/mol. The summed E-state index contributed by atoms with van der Waals surface area (Å²) in [5.74, 6) is 1.93. The number of nitrogens with zero attached hydrogens (tertiary/aromatic N) is 3. The maximum Gasteiger partial charge on any atom is 0.246 e. The van der Waals surface area contributed by atoms with Crippen molar-refractivity contribution < 1.29 is 9.32 Å². The summed E-state index contributed by atoms with van der Waals surface area (Å²) >= 11 is 0. The van der Waals surface area contributed by atoms with Crippen molar-refractivity contribution in [2.75, 3.05) is 13.1 Å². The van der Waals surface area contributed by atoms with Crippen LogP contribution in [0.5, 0.6) is 0 Å². The predicted octanol–water partition coefficient (Wildman–Crippen LogP) is 1.76. The van der Waals surface area contributed by atoms with Gasteiger partial charge in [0, 0.05) is 19.0 Å². The number of aromatic nitrogens is 2. The Morgan fingerprint density at radius 3 is 2.92 bits per heavy atom. The van der Waals surface area contributed by atoms with Crippen LogP contribution < -0.4 is 5.32 Å². The summed E-state index contributed by atoms with van der Waals surface area (Å²) < 4.78 is 5.22. The number of likely N-dealkylation sites (tertiary alicyclic amines) is 1. The third kappa shape index (κ3) is 3.48. The molecule has 1 saturated carbocycles. The fraction of sp³-hybridized carbons (Fsp3) is 0.500. The summed E-state index contributed by atoms with van der Waals surface area (Å²) in [4.78, 5) is 18.7. The van der Waals surface area contributed by atoms with E-state index in [4.69, 9.17) is 4.52 Å². The molecule has 2 atom stereocenters. The SMILES string of the molecule is O=C(CN1C[C@H]2CC[C@@H]1C2)NCc1nc(Cc2ccccc2)no1. The first kappa shape index (κ1) is 15.3. The fourth-order valence-corrected chi connectivity index (χ4v) is 3.85. The minimum atomic E-state index is 0.0327. The van der Waals surface area contributed by atoms with Gasteiger partial charge in [0.25, 0.3) is 0 Å². The van der Waals surface area contributed by atoms with Crippen molar-refractivity contribution in [3.8, 4) is 0 Å². The lowest BCUT2D eigenvalue weighted by molar-refractivity contribution is -0.122. The summed E-state index contributed by atoms with van der Waals surface area (Å²) in [7, 11) is 0. The molecule has 0 radical (unpaired) electrons. The number of hydrogen-bond donors (Lipinski definition) is 1. The lowest BCUT2D eigenvalue weighted by Gasteiger charge is -2.25. The first-order valence-corrected chi connectivity index (χ1v) is 8.62. The molecule has 2 aliphatic rings. The van der Waals surface area contributed by atoms with Gasteiger partial charge in [0.15, 0.2) is 5.82 Å². The summed E-state index contributed by atoms with van der Waals surface area (Å²) in [5.41, 5.74) is 1.14. The zero-order chi connectivity index (χ0) is 16.4. The summed E-state index contributed by atoms with van der Waals surface area (Å²) in [6, 6.07) is 10.6. The van der Waals surface area contributed by atoms with Gasteiger partial charge < -0.3 is 9.84 Å². The molecule has 1 N–H and O–H groups in total. The van der Waals surface area contributed by atoms with Crippen molar-refractivity contribution in [3.05, 3.63) is 47.6 Å². The second-order valence-corrected chi connectivity index (χ2v) is 6.81. The van der Waals surface area contributed by atoms with Gasteiger partial charge in [-0.3, -0.25) is 9.69 Å².